The summed E-state index contributed by atoms with van der Waals surface area (Å²) >= 11 is 8.19. The van der Waals surface area contributed by atoms with Crippen molar-refractivity contribution >= 4 is 66.8 Å². The van der Waals surface area contributed by atoms with Crippen molar-refractivity contribution in [3.63, 3.8) is 0 Å². The van der Waals surface area contributed by atoms with Gasteiger partial charge in [-0.1, -0.05) is 45.2 Å². The molecule has 17 heavy (non-hydrogen) atoms. The Hall–Kier alpha value is 0.890. The molecule has 1 aliphatic heterocycles. The second-order valence-electron chi connectivity index (χ2n) is 4.91. The molecule has 2 rings (SSSR count). The van der Waals surface area contributed by atoms with E-state index in [0.29, 0.717) is 4.47 Å². The van der Waals surface area contributed by atoms with Crippen LogP contribution in [0, 0.1) is 5.82 Å². The second kappa shape index (κ2) is 4.47. The number of likely N-dealkylation sites (N-methyl/N-ethyl adjacent to an activating group) is 1. The van der Waals surface area contributed by atoms with E-state index in [0.717, 1.165) is 17.8 Å². The van der Waals surface area contributed by atoms with Crippen molar-refractivity contribution < 1.29 is 4.39 Å². The zero-order chi connectivity index (χ0) is 13.0. The fraction of sp³-hybridized carbons (Fsp3) is 0.500. The quantitative estimate of drug-likeness (QED) is 0.375. The van der Waals surface area contributed by atoms with Gasteiger partial charge in [0, 0.05) is 22.7 Å². The molecule has 1 aromatic carbocycles. The lowest BCUT2D eigenvalue weighted by atomic mass is 9.90. The Morgan fingerprint density at radius 2 is 2.06 bits per heavy atom. The van der Waals surface area contributed by atoms with Crippen LogP contribution in [0.1, 0.15) is 19.4 Å². The molecule has 0 fully saturated rings. The molecule has 1 atom stereocenters. The third-order valence-corrected chi connectivity index (χ3v) is 8.11. The maximum Gasteiger partial charge on any atom is 0.137 e. The highest BCUT2D eigenvalue weighted by Gasteiger charge is 2.49. The van der Waals surface area contributed by atoms with Gasteiger partial charge in [0.1, 0.15) is 5.82 Å². The van der Waals surface area contributed by atoms with Gasteiger partial charge in [-0.2, -0.15) is 0 Å². The van der Waals surface area contributed by atoms with Crippen LogP contribution >= 0.6 is 61.1 Å². The second-order valence-corrected chi connectivity index (χ2v) is 10.3. The number of alkyl halides is 2. The maximum absolute atomic E-state index is 13.8. The number of halogens is 4. The summed E-state index contributed by atoms with van der Waals surface area (Å²) in [7, 11) is 2.06. The largest absolute Gasteiger partial charge is 0.373 e. The molecule has 1 aromatic rings. The molecule has 0 N–H and O–H groups in total. The third-order valence-electron chi connectivity index (χ3n) is 3.27. The summed E-state index contributed by atoms with van der Waals surface area (Å²) in [5, 5.41) is 0. The third kappa shape index (κ3) is 2.24. The molecule has 0 bridgehead atoms. The van der Waals surface area contributed by atoms with E-state index in [1.54, 1.807) is 6.07 Å². The van der Waals surface area contributed by atoms with Gasteiger partial charge in [0.2, 0.25) is 0 Å². The molecule has 1 aliphatic rings. The summed E-state index contributed by atoms with van der Waals surface area (Å²) in [4.78, 5) is 2.20. The van der Waals surface area contributed by atoms with E-state index in [9.17, 15) is 4.39 Å². The van der Waals surface area contributed by atoms with E-state index in [4.69, 9.17) is 0 Å². The van der Waals surface area contributed by atoms with Crippen LogP contribution in [0.25, 0.3) is 0 Å². The molecule has 0 aliphatic carbocycles. The molecule has 5 heteroatoms. The topological polar surface area (TPSA) is 3.24 Å². The van der Waals surface area contributed by atoms with Gasteiger partial charge in [-0.15, -0.1) is 0 Å². The van der Waals surface area contributed by atoms with Crippen molar-refractivity contribution in [1.82, 2.24) is 0 Å². The van der Waals surface area contributed by atoms with Crippen molar-refractivity contribution in [2.45, 2.75) is 20.7 Å². The van der Waals surface area contributed by atoms with Crippen LogP contribution in [-0.2, 0) is 3.42 Å². The fourth-order valence-corrected chi connectivity index (χ4v) is 3.91. The van der Waals surface area contributed by atoms with Crippen LogP contribution in [0.5, 0.6) is 0 Å². The van der Waals surface area contributed by atoms with Gasteiger partial charge >= 0.3 is 0 Å². The molecule has 1 heterocycles. The van der Waals surface area contributed by atoms with Crippen molar-refractivity contribution in [2.24, 2.45) is 0 Å². The molecule has 1 unspecified atom stereocenters. The van der Waals surface area contributed by atoms with Crippen LogP contribution in [0.4, 0.5) is 10.1 Å². The SMILES string of the molecule is CN1CC(I)(C(C)(C)I)c2cc(F)c(Br)cc21. The summed E-state index contributed by atoms with van der Waals surface area (Å²) in [6, 6.07) is 3.56. The Morgan fingerprint density at radius 3 is 2.59 bits per heavy atom. The van der Waals surface area contributed by atoms with Crippen molar-refractivity contribution in [3.05, 3.63) is 28.0 Å². The van der Waals surface area contributed by atoms with Gasteiger partial charge in [0.25, 0.3) is 0 Å². The monoisotopic (exact) mass is 523 g/mol. The van der Waals surface area contributed by atoms with Crippen LogP contribution in [0.2, 0.25) is 0 Å². The van der Waals surface area contributed by atoms with Gasteiger partial charge in [0.15, 0.2) is 0 Å². The molecule has 1 nitrogen and oxygen atoms in total. The molecule has 0 aromatic heterocycles. The highest BCUT2D eigenvalue weighted by atomic mass is 127. The highest BCUT2D eigenvalue weighted by molar-refractivity contribution is 14.1. The Kier molecular flexibility index (Phi) is 3.76. The zero-order valence-electron chi connectivity index (χ0n) is 9.82. The predicted octanol–water partition coefficient (Wildman–Crippen LogP) is 4.88. The molecule has 0 saturated carbocycles. The van der Waals surface area contributed by atoms with Crippen LogP contribution in [-0.4, -0.2) is 17.0 Å². The average Bonchev–Trinajstić information content (AvgIpc) is 2.41. The molecule has 0 spiro atoms. The summed E-state index contributed by atoms with van der Waals surface area (Å²) in [6.07, 6.45) is 0. The first-order valence-corrected chi connectivity index (χ1v) is 8.20. The minimum absolute atomic E-state index is 0.0586. The highest BCUT2D eigenvalue weighted by Crippen LogP contribution is 2.55. The fourth-order valence-electron chi connectivity index (χ4n) is 2.17. The average molecular weight is 524 g/mol. The number of nitrogens with zero attached hydrogens (tertiary/aromatic N) is 1. The van der Waals surface area contributed by atoms with Crippen molar-refractivity contribution in [1.29, 1.82) is 0 Å². The van der Waals surface area contributed by atoms with Gasteiger partial charge in [-0.3, -0.25) is 0 Å². The molecule has 94 valence electrons. The molecule has 0 radical (unpaired) electrons. The van der Waals surface area contributed by atoms with Gasteiger partial charge < -0.3 is 4.90 Å². The van der Waals surface area contributed by atoms with Gasteiger partial charge in [0.05, 0.1) is 7.89 Å². The molecular weight excluding hydrogens is 511 g/mol. The number of fused-ring (bicyclic) bond motifs is 1. The van der Waals surface area contributed by atoms with Crippen molar-refractivity contribution in [3.8, 4) is 0 Å². The number of anilines is 1. The summed E-state index contributed by atoms with van der Waals surface area (Å²) in [6.45, 7) is 5.31. The molecule has 0 amide bonds. The normalized spacial score (nSPS) is 24.1. The Labute approximate surface area is 137 Å². The summed E-state index contributed by atoms with van der Waals surface area (Å²) in [5.41, 5.74) is 2.22. The number of benzene rings is 1. The Morgan fingerprint density at radius 1 is 1.47 bits per heavy atom. The van der Waals surface area contributed by atoms with E-state index in [-0.39, 0.29) is 12.7 Å². The first-order chi connectivity index (χ1) is 7.67. The summed E-state index contributed by atoms with van der Waals surface area (Å²) in [5.74, 6) is -0.180. The smallest absolute Gasteiger partial charge is 0.137 e. The summed E-state index contributed by atoms with van der Waals surface area (Å²) < 4.78 is 14.3. The predicted molar refractivity (Wildman–Crippen MR) is 91.2 cm³/mol. The maximum atomic E-state index is 13.8. The first kappa shape index (κ1) is 14.3. The van der Waals surface area contributed by atoms with E-state index in [1.807, 2.05) is 6.07 Å². The minimum Gasteiger partial charge on any atom is -0.373 e. The minimum atomic E-state index is -0.180. The van der Waals surface area contributed by atoms with E-state index >= 15 is 0 Å². The number of rotatable bonds is 1. The Balaban J connectivity index is 2.66. The lowest BCUT2D eigenvalue weighted by Crippen LogP contribution is -2.40. The van der Waals surface area contributed by atoms with E-state index < -0.39 is 0 Å². The zero-order valence-corrected chi connectivity index (χ0v) is 15.7. The Bertz CT molecular complexity index is 472. The van der Waals surface area contributed by atoms with Gasteiger partial charge in [-0.05, 0) is 47.5 Å². The van der Waals surface area contributed by atoms with E-state index in [2.05, 4.69) is 86.9 Å². The van der Waals surface area contributed by atoms with Crippen LogP contribution in [0.15, 0.2) is 16.6 Å². The van der Waals surface area contributed by atoms with Crippen LogP contribution in [0.3, 0.4) is 0 Å². The van der Waals surface area contributed by atoms with Gasteiger partial charge in [-0.25, -0.2) is 4.39 Å². The van der Waals surface area contributed by atoms with Crippen molar-refractivity contribution in [2.75, 3.05) is 18.5 Å². The van der Waals surface area contributed by atoms with E-state index in [1.165, 1.54) is 0 Å². The number of hydrogen-bond donors (Lipinski definition) is 0. The number of hydrogen-bond acceptors (Lipinski definition) is 1. The lowest BCUT2D eigenvalue weighted by molar-refractivity contribution is 0.562. The lowest BCUT2D eigenvalue weighted by Gasteiger charge is -2.35. The standard InChI is InChI=1S/C12H13BrFI2N/c1-11(2,15)12(16)6-17(3)10-5-8(13)9(14)4-7(10)12/h4-5H,6H2,1-3H3. The molecule has 0 saturated heterocycles. The van der Waals surface area contributed by atoms with Crippen LogP contribution < -0.4 is 4.90 Å². The first-order valence-electron chi connectivity index (χ1n) is 5.25. The molecular formula is C12H13BrFI2N.